The molecule has 0 unspecified atom stereocenters. The number of rotatable bonds is 1. The molecule has 0 fully saturated rings. The molecule has 0 aliphatic rings. The predicted molar refractivity (Wildman–Crippen MR) is 67.1 cm³/mol. The SMILES string of the molecule is Cc1cccc(Cl)c1N=C(N)N(C)C(=N)N. The average Bonchev–Trinajstić information content (AvgIpc) is 2.22. The van der Waals surface area contributed by atoms with E-state index in [1.54, 1.807) is 13.1 Å². The highest BCUT2D eigenvalue weighted by atomic mass is 35.5. The van der Waals surface area contributed by atoms with Gasteiger partial charge in [-0.05, 0) is 18.6 Å². The maximum absolute atomic E-state index is 7.21. The lowest BCUT2D eigenvalue weighted by atomic mass is 10.2. The number of nitrogens with zero attached hydrogens (tertiary/aromatic N) is 2. The highest BCUT2D eigenvalue weighted by Gasteiger charge is 2.07. The first-order valence-electron chi connectivity index (χ1n) is 4.60. The average molecular weight is 240 g/mol. The zero-order chi connectivity index (χ0) is 12.3. The minimum Gasteiger partial charge on any atom is -0.370 e. The monoisotopic (exact) mass is 239 g/mol. The van der Waals surface area contributed by atoms with Crippen LogP contribution in [0.15, 0.2) is 23.2 Å². The van der Waals surface area contributed by atoms with Gasteiger partial charge in [-0.3, -0.25) is 10.3 Å². The fourth-order valence-corrected chi connectivity index (χ4v) is 1.34. The fraction of sp³-hybridized carbons (Fsp3) is 0.200. The second-order valence-corrected chi connectivity index (χ2v) is 3.73. The van der Waals surface area contributed by atoms with E-state index in [0.717, 1.165) is 5.56 Å². The quantitative estimate of drug-likeness (QED) is 0.511. The van der Waals surface area contributed by atoms with Crippen LogP contribution in [0.1, 0.15) is 5.56 Å². The van der Waals surface area contributed by atoms with Gasteiger partial charge in [-0.1, -0.05) is 23.7 Å². The Labute approximate surface area is 99.2 Å². The van der Waals surface area contributed by atoms with Crippen molar-refractivity contribution in [3.8, 4) is 0 Å². The van der Waals surface area contributed by atoms with Crippen LogP contribution in [0.2, 0.25) is 5.02 Å². The van der Waals surface area contributed by atoms with Crippen LogP contribution in [0.4, 0.5) is 5.69 Å². The first-order valence-corrected chi connectivity index (χ1v) is 4.98. The molecule has 0 saturated heterocycles. The number of nitrogens with one attached hydrogen (secondary N) is 1. The van der Waals surface area contributed by atoms with Gasteiger partial charge in [-0.2, -0.15) is 0 Å². The lowest BCUT2D eigenvalue weighted by molar-refractivity contribution is 0.723. The van der Waals surface area contributed by atoms with Gasteiger partial charge in [-0.15, -0.1) is 0 Å². The summed E-state index contributed by atoms with van der Waals surface area (Å²) in [5.74, 6) is -0.0466. The molecule has 1 aromatic carbocycles. The maximum atomic E-state index is 7.21. The maximum Gasteiger partial charge on any atom is 0.203 e. The van der Waals surface area contributed by atoms with Crippen molar-refractivity contribution < 1.29 is 0 Å². The van der Waals surface area contributed by atoms with E-state index in [0.29, 0.717) is 10.7 Å². The minimum atomic E-state index is -0.175. The Bertz CT molecular complexity index is 421. The smallest absolute Gasteiger partial charge is 0.203 e. The van der Waals surface area contributed by atoms with E-state index >= 15 is 0 Å². The standard InChI is InChI=1S/C10H14ClN5/c1-6-4-3-5-7(11)8(6)15-10(14)16(2)9(12)13/h3-5H,1-2H3,(H3,12,13)(H2,14,15). The Hall–Kier alpha value is -1.75. The first-order chi connectivity index (χ1) is 7.43. The van der Waals surface area contributed by atoms with Crippen LogP contribution < -0.4 is 11.5 Å². The molecule has 16 heavy (non-hydrogen) atoms. The molecule has 0 saturated carbocycles. The molecule has 86 valence electrons. The zero-order valence-electron chi connectivity index (χ0n) is 9.16. The molecule has 0 bridgehead atoms. The normalized spacial score (nSPS) is 11.3. The number of aryl methyl sites for hydroxylation is 1. The van der Waals surface area contributed by atoms with Gasteiger partial charge in [0.15, 0.2) is 5.96 Å². The summed E-state index contributed by atoms with van der Waals surface area (Å²) in [6, 6.07) is 5.45. The number of guanidine groups is 2. The second-order valence-electron chi connectivity index (χ2n) is 3.32. The number of benzene rings is 1. The molecule has 0 amide bonds. The number of hydrogen-bond donors (Lipinski definition) is 3. The van der Waals surface area contributed by atoms with Crippen LogP contribution in [-0.2, 0) is 0 Å². The Morgan fingerprint density at radius 2 is 2.06 bits per heavy atom. The van der Waals surface area contributed by atoms with Gasteiger partial charge in [-0.25, -0.2) is 4.99 Å². The topological polar surface area (TPSA) is 91.5 Å². The summed E-state index contributed by atoms with van der Waals surface area (Å²) in [4.78, 5) is 5.41. The lowest BCUT2D eigenvalue weighted by Crippen LogP contribution is -2.42. The number of halogens is 1. The van der Waals surface area contributed by atoms with Crippen molar-refractivity contribution in [2.75, 3.05) is 7.05 Å². The van der Waals surface area contributed by atoms with E-state index in [1.165, 1.54) is 4.90 Å². The molecule has 1 rings (SSSR count). The summed E-state index contributed by atoms with van der Waals surface area (Å²) in [5, 5.41) is 7.73. The largest absolute Gasteiger partial charge is 0.370 e. The molecule has 5 N–H and O–H groups in total. The van der Waals surface area contributed by atoms with Crippen molar-refractivity contribution in [3.63, 3.8) is 0 Å². The molecule has 6 heteroatoms. The summed E-state index contributed by atoms with van der Waals surface area (Å²) in [5.41, 5.74) is 12.5. The van der Waals surface area contributed by atoms with E-state index in [9.17, 15) is 0 Å². The van der Waals surface area contributed by atoms with E-state index in [1.807, 2.05) is 19.1 Å². The lowest BCUT2D eigenvalue weighted by Gasteiger charge is -2.15. The summed E-state index contributed by atoms with van der Waals surface area (Å²) in [6.07, 6.45) is 0. The van der Waals surface area contributed by atoms with E-state index in [4.69, 9.17) is 28.5 Å². The fourth-order valence-electron chi connectivity index (χ4n) is 1.08. The third-order valence-electron chi connectivity index (χ3n) is 2.12. The Kier molecular flexibility index (Phi) is 3.73. The second kappa shape index (κ2) is 4.85. The number of hydrogen-bond acceptors (Lipinski definition) is 2. The molecule has 0 radical (unpaired) electrons. The number of aliphatic imine (C=N–C) groups is 1. The van der Waals surface area contributed by atoms with Crippen LogP contribution in [-0.4, -0.2) is 23.9 Å². The van der Waals surface area contributed by atoms with Gasteiger partial charge >= 0.3 is 0 Å². The Morgan fingerprint density at radius 1 is 1.44 bits per heavy atom. The Balaban J connectivity index is 3.12. The molecule has 0 aliphatic heterocycles. The van der Waals surface area contributed by atoms with Crippen LogP contribution in [0.3, 0.4) is 0 Å². The van der Waals surface area contributed by atoms with Gasteiger partial charge < -0.3 is 11.5 Å². The van der Waals surface area contributed by atoms with Crippen molar-refractivity contribution in [2.24, 2.45) is 16.5 Å². The molecule has 0 aliphatic carbocycles. The molecule has 1 aromatic rings. The van der Waals surface area contributed by atoms with Crippen molar-refractivity contribution in [1.82, 2.24) is 4.90 Å². The van der Waals surface area contributed by atoms with Crippen molar-refractivity contribution in [2.45, 2.75) is 6.92 Å². The van der Waals surface area contributed by atoms with Crippen LogP contribution in [0.25, 0.3) is 0 Å². The van der Waals surface area contributed by atoms with Gasteiger partial charge in [0.25, 0.3) is 0 Å². The number of nitrogens with two attached hydrogens (primary N) is 2. The highest BCUT2D eigenvalue weighted by Crippen LogP contribution is 2.28. The molecular weight excluding hydrogens is 226 g/mol. The van der Waals surface area contributed by atoms with E-state index in [-0.39, 0.29) is 11.9 Å². The summed E-state index contributed by atoms with van der Waals surface area (Å²) >= 11 is 5.99. The van der Waals surface area contributed by atoms with Crippen LogP contribution in [0.5, 0.6) is 0 Å². The third kappa shape index (κ3) is 2.64. The minimum absolute atomic E-state index is 0.128. The molecule has 0 aromatic heterocycles. The van der Waals surface area contributed by atoms with Gasteiger partial charge in [0.2, 0.25) is 5.96 Å². The van der Waals surface area contributed by atoms with Gasteiger partial charge in [0.1, 0.15) is 0 Å². The molecular formula is C10H14ClN5. The Morgan fingerprint density at radius 3 is 2.56 bits per heavy atom. The highest BCUT2D eigenvalue weighted by molar-refractivity contribution is 6.33. The first kappa shape index (κ1) is 12.3. The predicted octanol–water partition coefficient (Wildman–Crippen LogP) is 1.42. The summed E-state index contributed by atoms with van der Waals surface area (Å²) in [7, 11) is 1.56. The molecule has 0 spiro atoms. The van der Waals surface area contributed by atoms with Crippen molar-refractivity contribution in [3.05, 3.63) is 28.8 Å². The van der Waals surface area contributed by atoms with Crippen LogP contribution in [0, 0.1) is 12.3 Å². The van der Waals surface area contributed by atoms with Gasteiger partial charge in [0, 0.05) is 7.05 Å². The van der Waals surface area contributed by atoms with Crippen molar-refractivity contribution >= 4 is 29.2 Å². The van der Waals surface area contributed by atoms with Gasteiger partial charge in [0.05, 0.1) is 10.7 Å². The number of para-hydroxylation sites is 1. The molecule has 5 nitrogen and oxygen atoms in total. The van der Waals surface area contributed by atoms with Crippen LogP contribution >= 0.6 is 11.6 Å². The summed E-state index contributed by atoms with van der Waals surface area (Å²) < 4.78 is 0. The van der Waals surface area contributed by atoms with Crippen molar-refractivity contribution in [1.29, 1.82) is 5.41 Å². The van der Waals surface area contributed by atoms with E-state index < -0.39 is 0 Å². The summed E-state index contributed by atoms with van der Waals surface area (Å²) in [6.45, 7) is 1.88. The van der Waals surface area contributed by atoms with E-state index in [2.05, 4.69) is 4.99 Å². The molecule has 0 atom stereocenters. The third-order valence-corrected chi connectivity index (χ3v) is 2.42. The zero-order valence-corrected chi connectivity index (χ0v) is 9.92. The molecule has 0 heterocycles.